The number of unbranched alkanes of at least 4 members (excludes halogenated alkanes) is 1. The number of nitrogens with one attached hydrogen (secondary N) is 7. The first kappa shape index (κ1) is 54.2. The Kier molecular flexibility index (Phi) is 19.6. The van der Waals surface area contributed by atoms with Gasteiger partial charge < -0.3 is 57.5 Å². The van der Waals surface area contributed by atoms with Crippen LogP contribution in [-0.4, -0.2) is 141 Å². The molecular weight excluding hydrogens is 939 g/mol. The number of nitrogens with zero attached hydrogens (tertiary/aromatic N) is 5. The maximum atomic E-state index is 14.1. The van der Waals surface area contributed by atoms with Crippen LogP contribution in [0, 0.1) is 5.92 Å². The van der Waals surface area contributed by atoms with Gasteiger partial charge in [0.25, 0.3) is 11.5 Å². The molecule has 0 saturated carbocycles. The molecule has 3 aromatic carbocycles. The van der Waals surface area contributed by atoms with Crippen molar-refractivity contribution in [2.45, 2.75) is 83.1 Å². The first-order chi connectivity index (χ1) is 35.2. The minimum Gasteiger partial charge on any atom is -0.508 e. The number of nitrogens with two attached hydrogens (primary N) is 1. The number of aromatic hydroxyl groups is 1. The van der Waals surface area contributed by atoms with Crippen molar-refractivity contribution in [2.24, 2.45) is 11.7 Å². The second-order valence-electron chi connectivity index (χ2n) is 18.0. The lowest BCUT2D eigenvalue weighted by atomic mass is 9.97. The highest BCUT2D eigenvalue weighted by atomic mass is 16.3. The van der Waals surface area contributed by atoms with Crippen LogP contribution in [0.1, 0.15) is 61.1 Å². The van der Waals surface area contributed by atoms with Crippen LogP contribution in [0.5, 0.6) is 5.75 Å². The van der Waals surface area contributed by atoms with E-state index >= 15 is 0 Å². The fraction of sp³-hybridized carbons (Fsp3) is 0.412. The summed E-state index contributed by atoms with van der Waals surface area (Å²) in [4.78, 5) is 123. The molecule has 7 amide bonds. The number of likely N-dealkylation sites (N-methyl/N-ethyl adjacent to an activating group) is 1. The molecule has 2 aromatic heterocycles. The van der Waals surface area contributed by atoms with E-state index in [-0.39, 0.29) is 41.7 Å². The van der Waals surface area contributed by atoms with Crippen molar-refractivity contribution in [3.63, 3.8) is 0 Å². The largest absolute Gasteiger partial charge is 0.508 e. The lowest BCUT2D eigenvalue weighted by Gasteiger charge is -2.38. The number of hydrogen-bond acceptors (Lipinski definition) is 13. The molecule has 388 valence electrons. The van der Waals surface area contributed by atoms with E-state index in [0.717, 1.165) is 4.57 Å². The Balaban J connectivity index is 1.05. The van der Waals surface area contributed by atoms with Crippen molar-refractivity contribution in [3.05, 3.63) is 119 Å². The van der Waals surface area contributed by atoms with E-state index in [1.54, 1.807) is 59.5 Å². The third kappa shape index (κ3) is 15.2. The normalized spacial score (nSPS) is 14.5. The number of fused-ring (bicyclic) bond motifs is 1. The van der Waals surface area contributed by atoms with Gasteiger partial charge in [-0.15, -0.1) is 0 Å². The van der Waals surface area contributed by atoms with Crippen molar-refractivity contribution in [1.82, 2.24) is 56.3 Å². The predicted octanol–water partition coefficient (Wildman–Crippen LogP) is 0.250. The third-order valence-corrected chi connectivity index (χ3v) is 12.8. The summed E-state index contributed by atoms with van der Waals surface area (Å²) in [6.07, 6.45) is 6.47. The predicted molar refractivity (Wildman–Crippen MR) is 272 cm³/mol. The van der Waals surface area contributed by atoms with Gasteiger partial charge in [0.15, 0.2) is 0 Å². The zero-order valence-electron chi connectivity index (χ0n) is 41.3. The Hall–Kier alpha value is -8.14. The lowest BCUT2D eigenvalue weighted by Crippen LogP contribution is -2.58. The van der Waals surface area contributed by atoms with Crippen molar-refractivity contribution in [1.29, 1.82) is 0 Å². The number of carbonyl (C=O) groups is 7. The van der Waals surface area contributed by atoms with E-state index < -0.39 is 72.4 Å². The standard InChI is InChI=1S/C51H65N13O9/c1-4-32(2)45(61-46(68)34-10-6-5-7-11-34)49(71)59-40(12-8-9-19-52)51(73)63-22-20-62(21-23-63)36-15-18-39-38(26-36)50(72)64(31-57-39)29-44(67)55-28-43(66)58-42(25-35-27-54-30-56-35)48(70)60-41(47(69)53-3)24-33-13-16-37(65)17-14-33/h5-7,10-11,13-18,26-27,30-32,40-42,45,65H,4,8-9,12,19-25,28-29,52H2,1-3H3,(H,53,69)(H,54,56)(H,55,67)(H,58,66)(H,59,71)(H,60,70)(H,61,68)/t32-,40-,41-,42-,45-/m0/s1. The van der Waals surface area contributed by atoms with Gasteiger partial charge in [-0.25, -0.2) is 9.97 Å². The van der Waals surface area contributed by atoms with Gasteiger partial charge in [-0.05, 0) is 79.8 Å². The topological polar surface area (TPSA) is 308 Å². The molecule has 0 radical (unpaired) electrons. The van der Waals surface area contributed by atoms with Crippen LogP contribution in [0.4, 0.5) is 5.69 Å². The van der Waals surface area contributed by atoms with E-state index in [0.29, 0.717) is 86.4 Å². The van der Waals surface area contributed by atoms with Gasteiger partial charge in [0.2, 0.25) is 35.4 Å². The van der Waals surface area contributed by atoms with E-state index in [1.807, 2.05) is 24.8 Å². The van der Waals surface area contributed by atoms with Gasteiger partial charge in [-0.3, -0.25) is 42.9 Å². The zero-order chi connectivity index (χ0) is 52.4. The lowest BCUT2D eigenvalue weighted by molar-refractivity contribution is -0.137. The Labute approximate surface area is 422 Å². The molecule has 6 rings (SSSR count). The number of imidazole rings is 1. The summed E-state index contributed by atoms with van der Waals surface area (Å²) in [7, 11) is 1.43. The van der Waals surface area contributed by atoms with Crippen LogP contribution in [-0.2, 0) is 48.2 Å². The Morgan fingerprint density at radius 1 is 0.808 bits per heavy atom. The maximum absolute atomic E-state index is 14.1. The van der Waals surface area contributed by atoms with Crippen molar-refractivity contribution in [3.8, 4) is 5.75 Å². The van der Waals surface area contributed by atoms with Crippen LogP contribution in [0.15, 0.2) is 96.4 Å². The highest BCUT2D eigenvalue weighted by Gasteiger charge is 2.33. The molecule has 0 unspecified atom stereocenters. The summed E-state index contributed by atoms with van der Waals surface area (Å²) in [5.41, 5.74) is 7.98. The highest BCUT2D eigenvalue weighted by molar-refractivity contribution is 5.98. The first-order valence-corrected chi connectivity index (χ1v) is 24.4. The summed E-state index contributed by atoms with van der Waals surface area (Å²) in [6.45, 7) is 4.73. The summed E-state index contributed by atoms with van der Waals surface area (Å²) in [5, 5.41) is 26.1. The second kappa shape index (κ2) is 26.3. The second-order valence-corrected chi connectivity index (χ2v) is 18.0. The van der Waals surface area contributed by atoms with Crippen molar-refractivity contribution in [2.75, 3.05) is 51.2 Å². The number of phenolic OH excluding ortho intramolecular Hbond substituents is 1. The van der Waals surface area contributed by atoms with Crippen LogP contribution in [0.3, 0.4) is 0 Å². The molecule has 1 aliphatic rings. The number of aromatic amines is 1. The Morgan fingerprint density at radius 3 is 2.19 bits per heavy atom. The van der Waals surface area contributed by atoms with E-state index in [9.17, 15) is 43.5 Å². The molecule has 22 heteroatoms. The zero-order valence-corrected chi connectivity index (χ0v) is 41.3. The molecular formula is C51H65N13O9. The maximum Gasteiger partial charge on any atom is 0.261 e. The molecule has 1 saturated heterocycles. The first-order valence-electron chi connectivity index (χ1n) is 24.4. The van der Waals surface area contributed by atoms with Crippen LogP contribution in [0.2, 0.25) is 0 Å². The SMILES string of the molecule is CC[C@H](C)[C@H](NC(=O)c1ccccc1)C(=O)N[C@@H](CCCCN)C(=O)N1CCN(c2ccc3ncn(CC(=O)NCC(=O)N[C@@H](Cc4cnc[nH]4)C(=O)N[C@@H](Cc4ccc(O)cc4)C(=O)NC)c(=O)c3c2)CC1. The van der Waals surface area contributed by atoms with Crippen LogP contribution in [0.25, 0.3) is 10.9 Å². The summed E-state index contributed by atoms with van der Waals surface area (Å²) >= 11 is 0. The average Bonchev–Trinajstić information content (AvgIpc) is 3.93. The van der Waals surface area contributed by atoms with Gasteiger partial charge in [-0.2, -0.15) is 0 Å². The summed E-state index contributed by atoms with van der Waals surface area (Å²) in [6, 6.07) is 16.1. The molecule has 10 N–H and O–H groups in total. The smallest absolute Gasteiger partial charge is 0.261 e. The van der Waals surface area contributed by atoms with Gasteiger partial charge in [0.1, 0.15) is 36.5 Å². The number of phenols is 1. The summed E-state index contributed by atoms with van der Waals surface area (Å²) in [5.74, 6) is -3.78. The number of rotatable bonds is 24. The van der Waals surface area contributed by atoms with Gasteiger partial charge >= 0.3 is 0 Å². The van der Waals surface area contributed by atoms with E-state index in [1.165, 1.54) is 38.0 Å². The number of piperazine rings is 1. The minimum absolute atomic E-state index is 0.0208. The van der Waals surface area contributed by atoms with E-state index in [4.69, 9.17) is 5.73 Å². The molecule has 0 aliphatic carbocycles. The number of anilines is 1. The highest BCUT2D eigenvalue weighted by Crippen LogP contribution is 2.22. The molecule has 73 heavy (non-hydrogen) atoms. The number of benzene rings is 3. The molecule has 3 heterocycles. The monoisotopic (exact) mass is 1000 g/mol. The number of aromatic nitrogens is 4. The number of hydrogen-bond donors (Lipinski definition) is 9. The minimum atomic E-state index is -1.19. The molecule has 1 fully saturated rings. The van der Waals surface area contributed by atoms with E-state index in [2.05, 4.69) is 46.9 Å². The van der Waals surface area contributed by atoms with Gasteiger partial charge in [-0.1, -0.05) is 50.6 Å². The van der Waals surface area contributed by atoms with Crippen molar-refractivity contribution >= 4 is 57.9 Å². The average molecular weight is 1000 g/mol. The summed E-state index contributed by atoms with van der Waals surface area (Å²) < 4.78 is 1.12. The fourth-order valence-electron chi connectivity index (χ4n) is 8.37. The quantitative estimate of drug-likeness (QED) is 0.0375. The molecule has 5 atom stereocenters. The molecule has 1 aliphatic heterocycles. The molecule has 22 nitrogen and oxygen atoms in total. The third-order valence-electron chi connectivity index (χ3n) is 12.8. The Morgan fingerprint density at radius 2 is 1.52 bits per heavy atom. The number of carbonyl (C=O) groups excluding carboxylic acids is 7. The Bertz CT molecular complexity index is 2750. The van der Waals surface area contributed by atoms with Gasteiger partial charge in [0.05, 0.1) is 30.1 Å². The molecule has 5 aromatic rings. The molecule has 0 bridgehead atoms. The number of amides is 7. The fourth-order valence-corrected chi connectivity index (χ4v) is 8.37. The van der Waals surface area contributed by atoms with Crippen molar-refractivity contribution < 1.29 is 38.7 Å². The van der Waals surface area contributed by atoms with Crippen LogP contribution >= 0.6 is 0 Å². The number of H-pyrrole nitrogens is 1. The molecule has 0 spiro atoms. The van der Waals surface area contributed by atoms with Crippen LogP contribution < -0.4 is 48.1 Å². The van der Waals surface area contributed by atoms with Gasteiger partial charge in [0, 0.05) is 69.2 Å².